The van der Waals surface area contributed by atoms with E-state index in [1.165, 1.54) is 0 Å². The quantitative estimate of drug-likeness (QED) is 0.774. The summed E-state index contributed by atoms with van der Waals surface area (Å²) in [5.74, 6) is 2.38. The topological polar surface area (TPSA) is 41.6 Å². The minimum Gasteiger partial charge on any atom is -0.484 e. The molecule has 0 saturated heterocycles. The molecule has 1 aromatic rings. The second-order valence-corrected chi connectivity index (χ2v) is 5.62. The number of terminal acetylenes is 1. The summed E-state index contributed by atoms with van der Waals surface area (Å²) in [5, 5.41) is 2.57. The number of ether oxygens (including phenoxy) is 1. The first-order valence-electron chi connectivity index (χ1n) is 7.30. The molecule has 0 heterocycles. The number of carbonyl (C=O) groups is 1. The Kier molecular flexibility index (Phi) is 7.11. The van der Waals surface area contributed by atoms with Gasteiger partial charge in [-0.1, -0.05) is 18.1 Å². The number of nitrogens with one attached hydrogen (secondary N) is 1. The zero-order valence-electron chi connectivity index (χ0n) is 14.0. The maximum atomic E-state index is 12.3. The fourth-order valence-electron chi connectivity index (χ4n) is 2.33. The molecule has 0 atom stereocenters. The van der Waals surface area contributed by atoms with Gasteiger partial charge in [-0.25, -0.2) is 0 Å². The number of hydrogen-bond acceptors (Lipinski definition) is 3. The largest absolute Gasteiger partial charge is 0.484 e. The van der Waals surface area contributed by atoms with Crippen LogP contribution in [0.5, 0.6) is 5.75 Å². The number of halogens is 3. The third-order valence-corrected chi connectivity index (χ3v) is 3.15. The molecule has 0 aliphatic carbocycles. The van der Waals surface area contributed by atoms with Crippen LogP contribution in [0.3, 0.4) is 0 Å². The highest BCUT2D eigenvalue weighted by Gasteiger charge is 2.29. The predicted octanol–water partition coefficient (Wildman–Crippen LogP) is 2.43. The molecule has 0 aromatic heterocycles. The van der Waals surface area contributed by atoms with Crippen molar-refractivity contribution in [3.05, 3.63) is 28.8 Å². The van der Waals surface area contributed by atoms with Gasteiger partial charge in [0.1, 0.15) is 5.75 Å². The molecule has 0 unspecified atom stereocenters. The molecule has 1 N–H and O–H groups in total. The molecule has 7 heteroatoms. The monoisotopic (exact) mass is 342 g/mol. The van der Waals surface area contributed by atoms with Crippen LogP contribution in [0.4, 0.5) is 13.2 Å². The first-order valence-corrected chi connectivity index (χ1v) is 7.30. The molecule has 1 aromatic carbocycles. The number of aryl methyl sites for hydroxylation is 2. The molecule has 1 rings (SSSR count). The number of hydrogen-bond donors (Lipinski definition) is 1. The van der Waals surface area contributed by atoms with Crippen molar-refractivity contribution in [1.82, 2.24) is 10.2 Å². The first-order chi connectivity index (χ1) is 11.1. The Hall–Kier alpha value is -2.20. The van der Waals surface area contributed by atoms with Gasteiger partial charge in [0.2, 0.25) is 5.91 Å². The number of nitrogens with zero attached hydrogens (tertiary/aromatic N) is 1. The Balaban J connectivity index is 2.71. The molecule has 0 radical (unpaired) electrons. The van der Waals surface area contributed by atoms with E-state index in [4.69, 9.17) is 11.2 Å². The third-order valence-electron chi connectivity index (χ3n) is 3.15. The van der Waals surface area contributed by atoms with E-state index in [0.717, 1.165) is 5.56 Å². The van der Waals surface area contributed by atoms with E-state index in [1.807, 2.05) is 0 Å². The van der Waals surface area contributed by atoms with Gasteiger partial charge in [-0.3, -0.25) is 9.69 Å². The summed E-state index contributed by atoms with van der Waals surface area (Å²) in [4.78, 5) is 13.4. The second kappa shape index (κ2) is 8.60. The van der Waals surface area contributed by atoms with E-state index in [2.05, 4.69) is 11.2 Å². The van der Waals surface area contributed by atoms with E-state index >= 15 is 0 Å². The van der Waals surface area contributed by atoms with Gasteiger partial charge < -0.3 is 10.1 Å². The van der Waals surface area contributed by atoms with Crippen molar-refractivity contribution in [2.45, 2.75) is 26.6 Å². The van der Waals surface area contributed by atoms with Gasteiger partial charge in [-0.2, -0.15) is 13.2 Å². The second-order valence-electron chi connectivity index (χ2n) is 5.62. The Morgan fingerprint density at radius 1 is 1.33 bits per heavy atom. The fourth-order valence-corrected chi connectivity index (χ4v) is 2.33. The van der Waals surface area contributed by atoms with E-state index in [0.29, 0.717) is 17.7 Å². The van der Waals surface area contributed by atoms with Crippen LogP contribution >= 0.6 is 0 Å². The highest BCUT2D eigenvalue weighted by molar-refractivity contribution is 5.78. The normalized spacial score (nSPS) is 11.2. The lowest BCUT2D eigenvalue weighted by molar-refractivity contribution is -0.153. The summed E-state index contributed by atoms with van der Waals surface area (Å²) in [7, 11) is 1.77. The van der Waals surface area contributed by atoms with Gasteiger partial charge in [0, 0.05) is 6.54 Å². The van der Waals surface area contributed by atoms with Gasteiger partial charge in [0.25, 0.3) is 0 Å². The van der Waals surface area contributed by atoms with E-state index in [-0.39, 0.29) is 24.7 Å². The number of alkyl halides is 3. The lowest BCUT2D eigenvalue weighted by atomic mass is 10.1. The van der Waals surface area contributed by atoms with Crippen molar-refractivity contribution in [1.29, 1.82) is 0 Å². The SMILES string of the molecule is C#CCNC(=O)CN(C)Cc1cc(C)c(OCC(F)(F)F)c(C)c1. The molecule has 0 fully saturated rings. The van der Waals surface area contributed by atoms with Crippen molar-refractivity contribution in [2.24, 2.45) is 0 Å². The number of rotatable bonds is 7. The maximum absolute atomic E-state index is 12.3. The van der Waals surface area contributed by atoms with Crippen LogP contribution < -0.4 is 10.1 Å². The van der Waals surface area contributed by atoms with Crippen LogP contribution in [-0.4, -0.2) is 43.7 Å². The minimum absolute atomic E-state index is 0.173. The first kappa shape index (κ1) is 19.8. The number of carbonyl (C=O) groups excluding carboxylic acids is 1. The molecule has 132 valence electrons. The minimum atomic E-state index is -4.37. The summed E-state index contributed by atoms with van der Waals surface area (Å²) in [5.41, 5.74) is 2.13. The highest BCUT2D eigenvalue weighted by Crippen LogP contribution is 2.27. The zero-order valence-corrected chi connectivity index (χ0v) is 14.0. The van der Waals surface area contributed by atoms with Crippen LogP contribution in [0.2, 0.25) is 0 Å². The Labute approximate surface area is 140 Å². The fraction of sp³-hybridized carbons (Fsp3) is 0.471. The van der Waals surface area contributed by atoms with Crippen LogP contribution in [0.1, 0.15) is 16.7 Å². The molecular formula is C17H21F3N2O2. The summed E-state index contributed by atoms with van der Waals surface area (Å²) < 4.78 is 41.7. The van der Waals surface area contributed by atoms with Crippen molar-refractivity contribution < 1.29 is 22.7 Å². The molecule has 0 aliphatic rings. The standard InChI is InChI=1S/C17H21F3N2O2/c1-5-6-21-15(23)10-22(4)9-14-7-12(2)16(13(3)8-14)24-11-17(18,19)20/h1,7-8H,6,9-11H2,2-4H3,(H,21,23). The summed E-state index contributed by atoms with van der Waals surface area (Å²) in [6.45, 7) is 2.90. The number of likely N-dealkylation sites (N-methyl/N-ethyl adjacent to an activating group) is 1. The van der Waals surface area contributed by atoms with Gasteiger partial charge in [0.15, 0.2) is 6.61 Å². The summed E-state index contributed by atoms with van der Waals surface area (Å²) in [6.07, 6.45) is 0.698. The van der Waals surface area contributed by atoms with E-state index in [1.54, 1.807) is 37.9 Å². The Morgan fingerprint density at radius 3 is 2.42 bits per heavy atom. The Morgan fingerprint density at radius 2 is 1.92 bits per heavy atom. The molecule has 0 spiro atoms. The smallest absolute Gasteiger partial charge is 0.422 e. The molecule has 0 saturated carbocycles. The molecule has 0 bridgehead atoms. The lowest BCUT2D eigenvalue weighted by Crippen LogP contribution is -2.35. The predicted molar refractivity (Wildman–Crippen MR) is 85.6 cm³/mol. The average molecular weight is 342 g/mol. The van der Waals surface area contributed by atoms with Crippen molar-refractivity contribution in [3.8, 4) is 18.1 Å². The van der Waals surface area contributed by atoms with Gasteiger partial charge >= 0.3 is 6.18 Å². The van der Waals surface area contributed by atoms with E-state index in [9.17, 15) is 18.0 Å². The zero-order chi connectivity index (χ0) is 18.3. The van der Waals surface area contributed by atoms with Crippen LogP contribution in [0, 0.1) is 26.2 Å². The van der Waals surface area contributed by atoms with Crippen LogP contribution in [0.25, 0.3) is 0 Å². The van der Waals surface area contributed by atoms with Gasteiger partial charge in [0.05, 0.1) is 13.1 Å². The molecular weight excluding hydrogens is 321 g/mol. The average Bonchev–Trinajstić information content (AvgIpc) is 2.42. The number of benzene rings is 1. The molecule has 4 nitrogen and oxygen atoms in total. The van der Waals surface area contributed by atoms with Gasteiger partial charge in [-0.15, -0.1) is 6.42 Å². The van der Waals surface area contributed by atoms with Gasteiger partial charge in [-0.05, 0) is 37.6 Å². The van der Waals surface area contributed by atoms with Crippen LogP contribution in [-0.2, 0) is 11.3 Å². The van der Waals surface area contributed by atoms with E-state index < -0.39 is 12.8 Å². The summed E-state index contributed by atoms with van der Waals surface area (Å²) >= 11 is 0. The maximum Gasteiger partial charge on any atom is 0.422 e. The van der Waals surface area contributed by atoms with Crippen LogP contribution in [0.15, 0.2) is 12.1 Å². The summed E-state index contributed by atoms with van der Waals surface area (Å²) in [6, 6.07) is 3.52. The van der Waals surface area contributed by atoms with Crippen molar-refractivity contribution in [2.75, 3.05) is 26.7 Å². The number of amides is 1. The van der Waals surface area contributed by atoms with Crippen molar-refractivity contribution >= 4 is 5.91 Å². The van der Waals surface area contributed by atoms with Crippen molar-refractivity contribution in [3.63, 3.8) is 0 Å². The molecule has 24 heavy (non-hydrogen) atoms. The third kappa shape index (κ3) is 6.92. The highest BCUT2D eigenvalue weighted by atomic mass is 19.4. The molecule has 1 amide bonds. The Bertz CT molecular complexity index is 598. The lowest BCUT2D eigenvalue weighted by Gasteiger charge is -2.19. The molecule has 0 aliphatic heterocycles.